The standard InChI is InChI=1S/C21H20N2O4S/c1-16(27-19-11-4-2-5-12-19)21(24)22-17-9-8-10-18(15-17)23-28(25,26)20-13-6-3-7-14-20/h2-16,23H,1H3,(H,22,24)/t16-/m0/s1. The molecule has 0 saturated heterocycles. The number of carbonyl (C=O) groups is 1. The first-order valence-electron chi connectivity index (χ1n) is 8.64. The van der Waals surface area contributed by atoms with Gasteiger partial charge in [0.25, 0.3) is 15.9 Å². The number of nitrogens with one attached hydrogen (secondary N) is 2. The van der Waals surface area contributed by atoms with E-state index in [2.05, 4.69) is 10.0 Å². The molecular formula is C21H20N2O4S. The minimum Gasteiger partial charge on any atom is -0.481 e. The van der Waals surface area contributed by atoms with Gasteiger partial charge in [-0.3, -0.25) is 9.52 Å². The number of para-hydroxylation sites is 1. The SMILES string of the molecule is C[C@H](Oc1ccccc1)C(=O)Nc1cccc(NS(=O)(=O)c2ccccc2)c1. The fourth-order valence-electron chi connectivity index (χ4n) is 2.47. The van der Waals surface area contributed by atoms with Crippen LogP contribution >= 0.6 is 0 Å². The molecule has 2 N–H and O–H groups in total. The molecule has 0 saturated carbocycles. The van der Waals surface area contributed by atoms with Gasteiger partial charge in [0, 0.05) is 5.69 Å². The molecule has 144 valence electrons. The molecule has 3 aromatic rings. The van der Waals surface area contributed by atoms with Crippen LogP contribution in [-0.2, 0) is 14.8 Å². The maximum Gasteiger partial charge on any atom is 0.265 e. The number of anilines is 2. The van der Waals surface area contributed by atoms with Crippen molar-refractivity contribution >= 4 is 27.3 Å². The molecule has 0 fully saturated rings. The number of hydrogen-bond donors (Lipinski definition) is 2. The topological polar surface area (TPSA) is 84.5 Å². The van der Waals surface area contributed by atoms with Gasteiger partial charge in [-0.05, 0) is 49.4 Å². The van der Waals surface area contributed by atoms with Crippen molar-refractivity contribution in [2.45, 2.75) is 17.9 Å². The Hall–Kier alpha value is -3.32. The smallest absolute Gasteiger partial charge is 0.265 e. The maximum absolute atomic E-state index is 12.4. The summed E-state index contributed by atoms with van der Waals surface area (Å²) in [4.78, 5) is 12.5. The van der Waals surface area contributed by atoms with Gasteiger partial charge in [0.05, 0.1) is 10.6 Å². The number of carbonyl (C=O) groups excluding carboxylic acids is 1. The summed E-state index contributed by atoms with van der Waals surface area (Å²) in [5, 5.41) is 2.73. The van der Waals surface area contributed by atoms with E-state index in [1.54, 1.807) is 61.5 Å². The van der Waals surface area contributed by atoms with Gasteiger partial charge in [-0.1, -0.05) is 42.5 Å². The Morgan fingerprint density at radius 3 is 2.14 bits per heavy atom. The van der Waals surface area contributed by atoms with Crippen molar-refractivity contribution < 1.29 is 17.9 Å². The van der Waals surface area contributed by atoms with Crippen LogP contribution in [0.15, 0.2) is 89.8 Å². The Labute approximate surface area is 164 Å². The highest BCUT2D eigenvalue weighted by Crippen LogP contribution is 2.20. The molecule has 1 atom stereocenters. The Kier molecular flexibility index (Phi) is 5.96. The van der Waals surface area contributed by atoms with Gasteiger partial charge in [0.1, 0.15) is 5.75 Å². The molecule has 0 aliphatic rings. The second-order valence-electron chi connectivity index (χ2n) is 6.06. The first-order chi connectivity index (χ1) is 13.4. The van der Waals surface area contributed by atoms with E-state index >= 15 is 0 Å². The van der Waals surface area contributed by atoms with Crippen molar-refractivity contribution in [3.63, 3.8) is 0 Å². The van der Waals surface area contributed by atoms with Gasteiger partial charge >= 0.3 is 0 Å². The predicted octanol–water partition coefficient (Wildman–Crippen LogP) is 3.89. The normalized spacial score (nSPS) is 12.0. The predicted molar refractivity (Wildman–Crippen MR) is 109 cm³/mol. The number of hydrogen-bond acceptors (Lipinski definition) is 4. The highest BCUT2D eigenvalue weighted by Gasteiger charge is 2.16. The molecule has 0 aliphatic carbocycles. The van der Waals surface area contributed by atoms with Crippen LogP contribution in [-0.4, -0.2) is 20.4 Å². The van der Waals surface area contributed by atoms with Crippen molar-refractivity contribution in [1.82, 2.24) is 0 Å². The van der Waals surface area contributed by atoms with Crippen LogP contribution in [0.4, 0.5) is 11.4 Å². The number of rotatable bonds is 7. The molecule has 6 nitrogen and oxygen atoms in total. The highest BCUT2D eigenvalue weighted by molar-refractivity contribution is 7.92. The molecule has 3 aromatic carbocycles. The number of ether oxygens (including phenoxy) is 1. The Balaban J connectivity index is 1.67. The van der Waals surface area contributed by atoms with E-state index in [4.69, 9.17) is 4.74 Å². The summed E-state index contributed by atoms with van der Waals surface area (Å²) in [7, 11) is -3.70. The van der Waals surface area contributed by atoms with E-state index in [-0.39, 0.29) is 10.8 Å². The molecule has 0 radical (unpaired) electrons. The van der Waals surface area contributed by atoms with E-state index in [1.165, 1.54) is 12.1 Å². The van der Waals surface area contributed by atoms with Crippen LogP contribution in [0.3, 0.4) is 0 Å². The highest BCUT2D eigenvalue weighted by atomic mass is 32.2. The minimum absolute atomic E-state index is 0.161. The third-order valence-electron chi connectivity index (χ3n) is 3.86. The van der Waals surface area contributed by atoms with Crippen molar-refractivity contribution in [3.8, 4) is 5.75 Å². The summed E-state index contributed by atoms with van der Waals surface area (Å²) in [5.74, 6) is 0.251. The molecule has 0 spiro atoms. The zero-order chi connectivity index (χ0) is 20.0. The van der Waals surface area contributed by atoms with E-state index in [1.807, 2.05) is 18.2 Å². The molecule has 3 rings (SSSR count). The van der Waals surface area contributed by atoms with E-state index < -0.39 is 16.1 Å². The van der Waals surface area contributed by atoms with Crippen LogP contribution in [0.2, 0.25) is 0 Å². The first-order valence-corrected chi connectivity index (χ1v) is 10.1. The molecular weight excluding hydrogens is 376 g/mol. The third kappa shape index (κ3) is 5.11. The van der Waals surface area contributed by atoms with E-state index in [0.29, 0.717) is 17.1 Å². The quantitative estimate of drug-likeness (QED) is 0.634. The van der Waals surface area contributed by atoms with Gasteiger partial charge in [-0.15, -0.1) is 0 Å². The van der Waals surface area contributed by atoms with Gasteiger partial charge in [-0.25, -0.2) is 8.42 Å². The second kappa shape index (κ2) is 8.58. The molecule has 1 amide bonds. The average molecular weight is 396 g/mol. The monoisotopic (exact) mass is 396 g/mol. The maximum atomic E-state index is 12.4. The first kappa shape index (κ1) is 19.4. The zero-order valence-corrected chi connectivity index (χ0v) is 16.0. The van der Waals surface area contributed by atoms with Gasteiger partial charge in [0.15, 0.2) is 6.10 Å². The van der Waals surface area contributed by atoms with Crippen LogP contribution in [0.5, 0.6) is 5.75 Å². The average Bonchev–Trinajstić information content (AvgIpc) is 2.69. The lowest BCUT2D eigenvalue weighted by Gasteiger charge is -2.15. The Bertz CT molecular complexity index is 1040. The third-order valence-corrected chi connectivity index (χ3v) is 5.26. The molecule has 7 heteroatoms. The largest absolute Gasteiger partial charge is 0.481 e. The van der Waals surface area contributed by atoms with Crippen LogP contribution < -0.4 is 14.8 Å². The van der Waals surface area contributed by atoms with Gasteiger partial charge < -0.3 is 10.1 Å². The number of amides is 1. The minimum atomic E-state index is -3.70. The lowest BCUT2D eigenvalue weighted by molar-refractivity contribution is -0.122. The zero-order valence-electron chi connectivity index (χ0n) is 15.2. The molecule has 0 aliphatic heterocycles. The second-order valence-corrected chi connectivity index (χ2v) is 7.74. The molecule has 28 heavy (non-hydrogen) atoms. The fraction of sp³-hybridized carbons (Fsp3) is 0.0952. The van der Waals surface area contributed by atoms with Gasteiger partial charge in [0.2, 0.25) is 0 Å². The molecule has 0 aromatic heterocycles. The van der Waals surface area contributed by atoms with Gasteiger partial charge in [-0.2, -0.15) is 0 Å². The summed E-state index contributed by atoms with van der Waals surface area (Å²) < 4.78 is 33.0. The van der Waals surface area contributed by atoms with E-state index in [9.17, 15) is 13.2 Å². The lowest BCUT2D eigenvalue weighted by Crippen LogP contribution is -2.30. The summed E-state index contributed by atoms with van der Waals surface area (Å²) in [6, 6.07) is 23.6. The molecule has 0 unspecified atom stereocenters. The number of benzene rings is 3. The van der Waals surface area contributed by atoms with Crippen molar-refractivity contribution in [3.05, 3.63) is 84.9 Å². The van der Waals surface area contributed by atoms with Crippen LogP contribution in [0.25, 0.3) is 0 Å². The number of sulfonamides is 1. The van der Waals surface area contributed by atoms with Crippen LogP contribution in [0.1, 0.15) is 6.92 Å². The Morgan fingerprint density at radius 1 is 0.857 bits per heavy atom. The fourth-order valence-corrected chi connectivity index (χ4v) is 3.55. The lowest BCUT2D eigenvalue weighted by atomic mass is 10.2. The van der Waals surface area contributed by atoms with E-state index in [0.717, 1.165) is 0 Å². The van der Waals surface area contributed by atoms with Crippen molar-refractivity contribution in [1.29, 1.82) is 0 Å². The van der Waals surface area contributed by atoms with Crippen molar-refractivity contribution in [2.24, 2.45) is 0 Å². The Morgan fingerprint density at radius 2 is 1.46 bits per heavy atom. The van der Waals surface area contributed by atoms with Crippen LogP contribution in [0, 0.1) is 0 Å². The summed E-state index contributed by atoms with van der Waals surface area (Å²) in [6.45, 7) is 1.64. The summed E-state index contributed by atoms with van der Waals surface area (Å²) in [5.41, 5.74) is 0.806. The summed E-state index contributed by atoms with van der Waals surface area (Å²) >= 11 is 0. The molecule has 0 bridgehead atoms. The molecule has 0 heterocycles. The van der Waals surface area contributed by atoms with Crippen molar-refractivity contribution in [2.75, 3.05) is 10.0 Å². The summed E-state index contributed by atoms with van der Waals surface area (Å²) in [6.07, 6.45) is -0.716.